The number of anilines is 1. The molecular weight excluding hydrogens is 366 g/mol. The summed E-state index contributed by atoms with van der Waals surface area (Å²) < 4.78 is 0. The minimum absolute atomic E-state index is 0.0856. The summed E-state index contributed by atoms with van der Waals surface area (Å²) in [7, 11) is 0. The molecule has 0 bridgehead atoms. The summed E-state index contributed by atoms with van der Waals surface area (Å²) in [6, 6.07) is 16.2. The second-order valence-corrected chi connectivity index (χ2v) is 7.48. The van der Waals surface area contributed by atoms with Crippen LogP contribution in [0.15, 0.2) is 54.6 Å². The summed E-state index contributed by atoms with van der Waals surface area (Å²) in [4.78, 5) is 26.6. The Kier molecular flexibility index (Phi) is 7.78. The van der Waals surface area contributed by atoms with Crippen molar-refractivity contribution in [2.24, 2.45) is 0 Å². The van der Waals surface area contributed by atoms with Crippen LogP contribution in [0.1, 0.15) is 36.0 Å². The molecule has 1 amide bonds. The van der Waals surface area contributed by atoms with E-state index in [9.17, 15) is 14.7 Å². The number of amides is 1. The first kappa shape index (κ1) is 21.0. The van der Waals surface area contributed by atoms with Crippen LogP contribution >= 0.6 is 0 Å². The number of aromatic hydroxyl groups is 1. The smallest absolute Gasteiger partial charge is 0.238 e. The van der Waals surface area contributed by atoms with Crippen molar-refractivity contribution in [3.63, 3.8) is 0 Å². The molecule has 0 unspecified atom stereocenters. The molecule has 0 saturated carbocycles. The predicted molar refractivity (Wildman–Crippen MR) is 114 cm³/mol. The van der Waals surface area contributed by atoms with Gasteiger partial charge in [-0.25, -0.2) is 0 Å². The fraction of sp³-hybridized carbons (Fsp3) is 0.391. The number of carbonyl (C=O) groups excluding carboxylic acids is 2. The van der Waals surface area contributed by atoms with E-state index >= 15 is 0 Å². The summed E-state index contributed by atoms with van der Waals surface area (Å²) in [6.45, 7) is 3.18. The summed E-state index contributed by atoms with van der Waals surface area (Å²) in [5, 5.41) is 15.4. The summed E-state index contributed by atoms with van der Waals surface area (Å²) in [6.07, 6.45) is 3.46. The Balaban J connectivity index is 1.28. The minimum atomic E-state index is -0.0856. The maximum absolute atomic E-state index is 12.2. The molecule has 2 aromatic carbocycles. The lowest BCUT2D eigenvalue weighted by atomic mass is 10.0. The van der Waals surface area contributed by atoms with Gasteiger partial charge < -0.3 is 20.6 Å². The molecule has 1 saturated heterocycles. The molecule has 6 nitrogen and oxygen atoms in total. The second-order valence-electron chi connectivity index (χ2n) is 7.48. The van der Waals surface area contributed by atoms with Crippen molar-refractivity contribution < 1.29 is 14.7 Å². The molecule has 0 spiro atoms. The lowest BCUT2D eigenvalue weighted by Gasteiger charge is -2.32. The van der Waals surface area contributed by atoms with Gasteiger partial charge in [-0.1, -0.05) is 30.3 Å². The summed E-state index contributed by atoms with van der Waals surface area (Å²) >= 11 is 0. The molecule has 0 radical (unpaired) electrons. The first-order valence-corrected chi connectivity index (χ1v) is 10.2. The van der Waals surface area contributed by atoms with Gasteiger partial charge in [-0.2, -0.15) is 0 Å². The van der Waals surface area contributed by atoms with E-state index in [1.54, 1.807) is 24.3 Å². The van der Waals surface area contributed by atoms with E-state index in [4.69, 9.17) is 0 Å². The fourth-order valence-corrected chi connectivity index (χ4v) is 3.58. The quantitative estimate of drug-likeness (QED) is 0.449. The molecule has 0 atom stereocenters. The van der Waals surface area contributed by atoms with Crippen molar-refractivity contribution in [1.82, 2.24) is 10.2 Å². The molecule has 3 rings (SSSR count). The molecular formula is C23H29N3O3. The monoisotopic (exact) mass is 395 g/mol. The molecule has 2 aromatic rings. The van der Waals surface area contributed by atoms with Crippen molar-refractivity contribution >= 4 is 17.4 Å². The van der Waals surface area contributed by atoms with Gasteiger partial charge in [0.15, 0.2) is 5.78 Å². The molecule has 29 heavy (non-hydrogen) atoms. The molecule has 1 fully saturated rings. The number of benzene rings is 2. The molecule has 1 aliphatic rings. The number of Topliss-reactive ketones (excluding diaryl/α,β-unsaturated/α-hetero) is 1. The molecule has 154 valence electrons. The second kappa shape index (κ2) is 10.7. The van der Waals surface area contributed by atoms with Crippen molar-refractivity contribution in [1.29, 1.82) is 0 Å². The Labute approximate surface area is 171 Å². The zero-order chi connectivity index (χ0) is 20.5. The van der Waals surface area contributed by atoms with Crippen LogP contribution in [0.4, 0.5) is 5.69 Å². The standard InChI is InChI=1S/C23H29N3O3/c27-21-10-8-20(9-11-21)25-23(29)17-24-19-12-15-26(16-13-19)14-4-7-22(28)18-5-2-1-3-6-18/h1-3,5-6,8-11,19,24,27H,4,7,12-17H2,(H,25,29). The number of hydrogen-bond acceptors (Lipinski definition) is 5. The van der Waals surface area contributed by atoms with E-state index in [-0.39, 0.29) is 24.0 Å². The van der Waals surface area contributed by atoms with E-state index in [2.05, 4.69) is 15.5 Å². The van der Waals surface area contributed by atoms with Gasteiger partial charge in [-0.15, -0.1) is 0 Å². The summed E-state index contributed by atoms with van der Waals surface area (Å²) in [5.41, 5.74) is 1.47. The van der Waals surface area contributed by atoms with Gasteiger partial charge in [0.1, 0.15) is 5.75 Å². The van der Waals surface area contributed by atoms with Crippen molar-refractivity contribution in [2.45, 2.75) is 31.7 Å². The zero-order valence-corrected chi connectivity index (χ0v) is 16.6. The molecule has 1 aliphatic heterocycles. The van der Waals surface area contributed by atoms with Crippen LogP contribution < -0.4 is 10.6 Å². The number of phenolic OH excluding ortho intramolecular Hbond substituents is 1. The van der Waals surface area contributed by atoms with Crippen LogP contribution in [-0.4, -0.2) is 53.9 Å². The molecule has 0 aliphatic carbocycles. The average molecular weight is 396 g/mol. The van der Waals surface area contributed by atoms with Gasteiger partial charge in [-0.3, -0.25) is 9.59 Å². The zero-order valence-electron chi connectivity index (χ0n) is 16.6. The van der Waals surface area contributed by atoms with Gasteiger partial charge in [0.25, 0.3) is 0 Å². The maximum Gasteiger partial charge on any atom is 0.238 e. The topological polar surface area (TPSA) is 81.7 Å². The van der Waals surface area contributed by atoms with Gasteiger partial charge in [0.05, 0.1) is 6.54 Å². The van der Waals surface area contributed by atoms with Crippen LogP contribution in [0.3, 0.4) is 0 Å². The molecule has 6 heteroatoms. The van der Waals surface area contributed by atoms with Gasteiger partial charge in [0.2, 0.25) is 5.91 Å². The minimum Gasteiger partial charge on any atom is -0.508 e. The number of nitrogens with zero attached hydrogens (tertiary/aromatic N) is 1. The molecule has 0 aromatic heterocycles. The summed E-state index contributed by atoms with van der Waals surface area (Å²) in [5.74, 6) is 0.302. The largest absolute Gasteiger partial charge is 0.508 e. The normalized spacial score (nSPS) is 15.2. The highest BCUT2D eigenvalue weighted by molar-refractivity contribution is 5.96. The van der Waals surface area contributed by atoms with E-state index in [1.807, 2.05) is 30.3 Å². The number of nitrogens with one attached hydrogen (secondary N) is 2. The van der Waals surface area contributed by atoms with Crippen LogP contribution in [0.5, 0.6) is 5.75 Å². The highest BCUT2D eigenvalue weighted by Crippen LogP contribution is 2.14. The maximum atomic E-state index is 12.2. The Morgan fingerprint density at radius 1 is 1.00 bits per heavy atom. The SMILES string of the molecule is O=C(CNC1CCN(CCCC(=O)c2ccccc2)CC1)Nc1ccc(O)cc1. The Bertz CT molecular complexity index is 785. The van der Waals surface area contributed by atoms with Crippen LogP contribution in [0, 0.1) is 0 Å². The van der Waals surface area contributed by atoms with Crippen LogP contribution in [-0.2, 0) is 4.79 Å². The number of hydrogen-bond donors (Lipinski definition) is 3. The van der Waals surface area contributed by atoms with Crippen molar-refractivity contribution in [2.75, 3.05) is 31.5 Å². The fourth-order valence-electron chi connectivity index (χ4n) is 3.58. The van der Waals surface area contributed by atoms with Crippen molar-refractivity contribution in [3.8, 4) is 5.75 Å². The van der Waals surface area contributed by atoms with E-state index < -0.39 is 0 Å². The lowest BCUT2D eigenvalue weighted by molar-refractivity contribution is -0.115. The van der Waals surface area contributed by atoms with Crippen molar-refractivity contribution in [3.05, 3.63) is 60.2 Å². The number of piperidine rings is 1. The van der Waals surface area contributed by atoms with Crippen LogP contribution in [0.2, 0.25) is 0 Å². The number of likely N-dealkylation sites (tertiary alicyclic amines) is 1. The van der Waals surface area contributed by atoms with E-state index in [1.165, 1.54) is 0 Å². The third-order valence-electron chi connectivity index (χ3n) is 5.26. The molecule has 1 heterocycles. The third kappa shape index (κ3) is 7.00. The molecule has 3 N–H and O–H groups in total. The lowest BCUT2D eigenvalue weighted by Crippen LogP contribution is -2.45. The number of phenols is 1. The Morgan fingerprint density at radius 2 is 1.69 bits per heavy atom. The first-order chi connectivity index (χ1) is 14.1. The van der Waals surface area contributed by atoms with Crippen LogP contribution in [0.25, 0.3) is 0 Å². The highest BCUT2D eigenvalue weighted by atomic mass is 16.3. The van der Waals surface area contributed by atoms with E-state index in [0.717, 1.165) is 44.5 Å². The number of carbonyl (C=O) groups is 2. The van der Waals surface area contributed by atoms with Gasteiger partial charge in [0, 0.05) is 23.7 Å². The Morgan fingerprint density at radius 3 is 2.38 bits per heavy atom. The third-order valence-corrected chi connectivity index (χ3v) is 5.26. The number of ketones is 1. The number of rotatable bonds is 9. The van der Waals surface area contributed by atoms with Gasteiger partial charge in [-0.05, 0) is 63.2 Å². The Hall–Kier alpha value is -2.70. The van der Waals surface area contributed by atoms with E-state index in [0.29, 0.717) is 18.2 Å². The highest BCUT2D eigenvalue weighted by Gasteiger charge is 2.19. The predicted octanol–water partition coefficient (Wildman–Crippen LogP) is 3.05. The first-order valence-electron chi connectivity index (χ1n) is 10.2. The average Bonchev–Trinajstić information content (AvgIpc) is 2.75. The van der Waals surface area contributed by atoms with Gasteiger partial charge >= 0.3 is 0 Å².